The molecule has 0 N–H and O–H groups in total. The van der Waals surface area contributed by atoms with Crippen LogP contribution in [0.1, 0.15) is 27.5 Å². The number of oxazole rings is 1. The Kier molecular flexibility index (Phi) is 6.63. The molecule has 2 unspecified atom stereocenters. The standard InChI is InChI=1S/C16H15F4N3O3P2/c1-25-14(24)12-7-26-13(22-12)6-23(8-15(17,18)19)10-3-2-9(5-21)11(4-10)16(20,27)28/h2-4,7H,6,8,27-28H2,1H3. The lowest BCUT2D eigenvalue weighted by atomic mass is 10.1. The van der Waals surface area contributed by atoms with E-state index in [0.717, 1.165) is 24.3 Å². The van der Waals surface area contributed by atoms with Gasteiger partial charge in [0.2, 0.25) is 5.89 Å². The summed E-state index contributed by atoms with van der Waals surface area (Å²) in [5.41, 5.74) is -0.330. The zero-order valence-corrected chi connectivity index (χ0v) is 16.8. The topological polar surface area (TPSA) is 79.4 Å². The number of hydrogen-bond acceptors (Lipinski definition) is 6. The number of nitrogens with zero attached hydrogens (tertiary/aromatic N) is 3. The second kappa shape index (κ2) is 8.42. The SMILES string of the molecule is COC(=O)c1coc(CN(CC(F)(F)F)c2ccc(C#N)c(C(F)(P)P)c2)n1. The number of alkyl halides is 4. The maximum atomic E-state index is 14.4. The van der Waals surface area contributed by atoms with E-state index in [1.54, 1.807) is 6.07 Å². The summed E-state index contributed by atoms with van der Waals surface area (Å²) >= 11 is 0. The van der Waals surface area contributed by atoms with Crippen LogP contribution < -0.4 is 4.90 Å². The molecule has 0 bridgehead atoms. The van der Waals surface area contributed by atoms with E-state index in [1.165, 1.54) is 12.1 Å². The number of carbonyl (C=O) groups is 1. The molecule has 0 amide bonds. The van der Waals surface area contributed by atoms with Crippen molar-refractivity contribution in [3.05, 3.63) is 47.2 Å². The van der Waals surface area contributed by atoms with Gasteiger partial charge in [-0.3, -0.25) is 0 Å². The van der Waals surface area contributed by atoms with Crippen molar-refractivity contribution in [1.29, 1.82) is 5.26 Å². The van der Waals surface area contributed by atoms with Crippen molar-refractivity contribution >= 4 is 30.1 Å². The molecule has 0 radical (unpaired) electrons. The summed E-state index contributed by atoms with van der Waals surface area (Å²) in [5.74, 6) is -0.968. The molecule has 1 aromatic carbocycles. The molecule has 0 aliphatic rings. The average molecular weight is 435 g/mol. The summed E-state index contributed by atoms with van der Waals surface area (Å²) in [6.07, 6.45) is -3.62. The fourth-order valence-electron chi connectivity index (χ4n) is 2.34. The fourth-order valence-corrected chi connectivity index (χ4v) is 2.82. The van der Waals surface area contributed by atoms with E-state index in [9.17, 15) is 22.4 Å². The number of ether oxygens (including phenoxy) is 1. The number of halogens is 4. The van der Waals surface area contributed by atoms with Gasteiger partial charge in [-0.25, -0.2) is 14.2 Å². The Morgan fingerprint density at radius 2 is 2.04 bits per heavy atom. The number of rotatable bonds is 6. The molecule has 1 aromatic heterocycles. The number of benzene rings is 1. The van der Waals surface area contributed by atoms with Crippen LogP contribution in [0.5, 0.6) is 0 Å². The maximum Gasteiger partial charge on any atom is 0.405 e. The zero-order chi connectivity index (χ0) is 21.1. The molecule has 0 fully saturated rings. The highest BCUT2D eigenvalue weighted by atomic mass is 31.1. The molecule has 0 saturated heterocycles. The quantitative estimate of drug-likeness (QED) is 0.391. The summed E-state index contributed by atoms with van der Waals surface area (Å²) in [7, 11) is 4.86. The first-order chi connectivity index (χ1) is 12.9. The van der Waals surface area contributed by atoms with Gasteiger partial charge in [0.05, 0.1) is 25.3 Å². The minimum absolute atomic E-state index is 0.00364. The normalized spacial score (nSPS) is 11.8. The van der Waals surface area contributed by atoms with E-state index in [2.05, 4.69) is 9.72 Å². The summed E-state index contributed by atoms with van der Waals surface area (Å²) in [6.45, 7) is -1.84. The molecule has 2 rings (SSSR count). The van der Waals surface area contributed by atoms with Gasteiger partial charge in [-0.05, 0) is 18.2 Å². The number of methoxy groups -OCH3 is 1. The first-order valence-electron chi connectivity index (χ1n) is 7.60. The number of hydrogen-bond donors (Lipinski definition) is 0. The van der Waals surface area contributed by atoms with Crippen LogP contribution in [0.2, 0.25) is 0 Å². The minimum atomic E-state index is -4.58. The molecule has 2 atom stereocenters. The molecule has 1 heterocycles. The molecular weight excluding hydrogens is 420 g/mol. The van der Waals surface area contributed by atoms with Gasteiger partial charge in [0, 0.05) is 11.3 Å². The molecule has 28 heavy (non-hydrogen) atoms. The number of esters is 1. The molecule has 2 aromatic rings. The molecule has 0 saturated carbocycles. The smallest absolute Gasteiger partial charge is 0.405 e. The average Bonchev–Trinajstić information content (AvgIpc) is 3.06. The van der Waals surface area contributed by atoms with Gasteiger partial charge < -0.3 is 14.1 Å². The zero-order valence-electron chi connectivity index (χ0n) is 14.5. The highest BCUT2D eigenvalue weighted by molar-refractivity contribution is 7.38. The van der Waals surface area contributed by atoms with Crippen molar-refractivity contribution in [1.82, 2.24) is 4.98 Å². The van der Waals surface area contributed by atoms with Crippen LogP contribution in [0.15, 0.2) is 28.9 Å². The number of anilines is 1. The van der Waals surface area contributed by atoms with Gasteiger partial charge in [-0.1, -0.05) is 18.5 Å². The molecule has 12 heteroatoms. The Morgan fingerprint density at radius 1 is 1.36 bits per heavy atom. The summed E-state index contributed by atoms with van der Waals surface area (Å²) in [6, 6.07) is 5.44. The highest BCUT2D eigenvalue weighted by Gasteiger charge is 2.33. The monoisotopic (exact) mass is 435 g/mol. The van der Waals surface area contributed by atoms with Crippen LogP contribution >= 0.6 is 18.5 Å². The molecule has 0 spiro atoms. The van der Waals surface area contributed by atoms with Gasteiger partial charge in [-0.15, -0.1) is 0 Å². The second-order valence-electron chi connectivity index (χ2n) is 5.70. The molecular formula is C16H15F4N3O3P2. The Morgan fingerprint density at radius 3 is 2.57 bits per heavy atom. The van der Waals surface area contributed by atoms with Crippen LogP contribution in [0.4, 0.5) is 23.2 Å². The van der Waals surface area contributed by atoms with Gasteiger partial charge in [0.1, 0.15) is 12.8 Å². The number of aromatic nitrogens is 1. The van der Waals surface area contributed by atoms with Crippen molar-refractivity contribution in [2.45, 2.75) is 17.9 Å². The van der Waals surface area contributed by atoms with Crippen LogP contribution in [0.25, 0.3) is 0 Å². The van der Waals surface area contributed by atoms with Crippen LogP contribution in [-0.2, 0) is 16.4 Å². The Bertz CT molecular complexity index is 904. The van der Waals surface area contributed by atoms with Crippen LogP contribution in [-0.4, -0.2) is 30.8 Å². The van der Waals surface area contributed by atoms with E-state index < -0.39 is 30.4 Å². The summed E-state index contributed by atoms with van der Waals surface area (Å²) in [4.78, 5) is 16.1. The first-order valence-corrected chi connectivity index (χ1v) is 8.76. The molecule has 0 aliphatic carbocycles. The van der Waals surface area contributed by atoms with Crippen molar-refractivity contribution in [2.75, 3.05) is 18.6 Å². The minimum Gasteiger partial charge on any atom is -0.464 e. The third-order valence-corrected chi connectivity index (χ3v) is 4.17. The first kappa shape index (κ1) is 22.1. The van der Waals surface area contributed by atoms with Crippen molar-refractivity contribution < 1.29 is 31.5 Å². The maximum absolute atomic E-state index is 14.4. The van der Waals surface area contributed by atoms with Crippen molar-refractivity contribution in [3.63, 3.8) is 0 Å². The molecule has 150 valence electrons. The fraction of sp³-hybridized carbons (Fsp3) is 0.312. The number of carbonyl (C=O) groups excluding carboxylic acids is 1. The van der Waals surface area contributed by atoms with Crippen LogP contribution in [0, 0.1) is 11.3 Å². The van der Waals surface area contributed by atoms with E-state index in [4.69, 9.17) is 9.68 Å². The lowest BCUT2D eigenvalue weighted by molar-refractivity contribution is -0.120. The Balaban J connectivity index is 2.42. The third kappa shape index (κ3) is 5.63. The van der Waals surface area contributed by atoms with E-state index in [0.29, 0.717) is 0 Å². The van der Waals surface area contributed by atoms with Gasteiger partial charge in [-0.2, -0.15) is 18.4 Å². The van der Waals surface area contributed by atoms with Gasteiger partial charge in [0.15, 0.2) is 10.8 Å². The molecule has 6 nitrogen and oxygen atoms in total. The second-order valence-corrected chi connectivity index (χ2v) is 8.05. The van der Waals surface area contributed by atoms with Gasteiger partial charge >= 0.3 is 12.1 Å². The van der Waals surface area contributed by atoms with Gasteiger partial charge in [0.25, 0.3) is 0 Å². The molecule has 0 aliphatic heterocycles. The third-order valence-electron chi connectivity index (χ3n) is 3.54. The predicted molar refractivity (Wildman–Crippen MR) is 98.3 cm³/mol. The summed E-state index contributed by atoms with van der Waals surface area (Å²) in [5, 5.41) is 7.01. The van der Waals surface area contributed by atoms with Crippen molar-refractivity contribution in [2.24, 2.45) is 0 Å². The lowest BCUT2D eigenvalue weighted by Gasteiger charge is -2.26. The Hall–Kier alpha value is -2.23. The van der Waals surface area contributed by atoms with E-state index in [1.807, 2.05) is 18.5 Å². The number of nitriles is 1. The van der Waals surface area contributed by atoms with Crippen molar-refractivity contribution in [3.8, 4) is 6.07 Å². The predicted octanol–water partition coefficient (Wildman–Crippen LogP) is 3.73. The van der Waals surface area contributed by atoms with E-state index >= 15 is 0 Å². The highest BCUT2D eigenvalue weighted by Crippen LogP contribution is 2.43. The lowest BCUT2D eigenvalue weighted by Crippen LogP contribution is -2.34. The summed E-state index contributed by atoms with van der Waals surface area (Å²) < 4.78 is 63.0. The Labute approximate surface area is 162 Å². The van der Waals surface area contributed by atoms with Crippen LogP contribution in [0.3, 0.4) is 0 Å². The largest absolute Gasteiger partial charge is 0.464 e. The van der Waals surface area contributed by atoms with E-state index in [-0.39, 0.29) is 28.4 Å².